The van der Waals surface area contributed by atoms with Crippen molar-refractivity contribution in [3.63, 3.8) is 0 Å². The molecule has 0 bridgehead atoms. The zero-order valence-corrected chi connectivity index (χ0v) is 32.3. The first-order chi connectivity index (χ1) is 28.0. The summed E-state index contributed by atoms with van der Waals surface area (Å²) >= 11 is 0. The molecule has 0 unspecified atom stereocenters. The van der Waals surface area contributed by atoms with Gasteiger partial charge in [0.1, 0.15) is 17.3 Å². The van der Waals surface area contributed by atoms with Gasteiger partial charge in [-0.1, -0.05) is 30.3 Å². The van der Waals surface area contributed by atoms with Crippen molar-refractivity contribution >= 4 is 40.7 Å². The number of anilines is 1. The largest absolute Gasteiger partial charge is 0.477 e. The second-order valence-corrected chi connectivity index (χ2v) is 15.9. The Morgan fingerprint density at radius 2 is 1.42 bits per heavy atom. The number of nitrogens with zero attached hydrogens (tertiary/aromatic N) is 2. The van der Waals surface area contributed by atoms with Crippen LogP contribution in [0.5, 0.6) is 0 Å². The molecule has 314 valence electrons. The fourth-order valence-corrected chi connectivity index (χ4v) is 8.08. The molecule has 1 amide bonds. The second kappa shape index (κ2) is 18.4. The highest BCUT2D eigenvalue weighted by Gasteiger charge is 2.65. The lowest BCUT2D eigenvalue weighted by molar-refractivity contribution is -0.201. The first kappa shape index (κ1) is 43.4. The zero-order chi connectivity index (χ0) is 42.5. The van der Waals surface area contributed by atoms with Crippen LogP contribution in [0.25, 0.3) is 11.1 Å². The summed E-state index contributed by atoms with van der Waals surface area (Å²) in [5.74, 6) is -15.6. The van der Waals surface area contributed by atoms with E-state index in [1.807, 2.05) is 0 Å². The van der Waals surface area contributed by atoms with Crippen molar-refractivity contribution in [1.29, 1.82) is 0 Å². The van der Waals surface area contributed by atoms with Crippen molar-refractivity contribution in [2.24, 2.45) is 39.4 Å². The Kier molecular flexibility index (Phi) is 13.6. The number of nitrogens with one attached hydrogen (secondary N) is 1. The van der Waals surface area contributed by atoms with E-state index in [2.05, 4.69) is 15.3 Å². The molecule has 0 aromatic heterocycles. The van der Waals surface area contributed by atoms with Crippen LogP contribution in [-0.2, 0) is 20.8 Å². The molecule has 0 radical (unpaired) electrons. The van der Waals surface area contributed by atoms with Crippen LogP contribution in [0, 0.1) is 29.5 Å². The van der Waals surface area contributed by atoms with Gasteiger partial charge in [0.25, 0.3) is 0 Å². The van der Waals surface area contributed by atoms with E-state index < -0.39 is 47.7 Å². The molecule has 1 aliphatic heterocycles. The van der Waals surface area contributed by atoms with E-state index in [1.165, 1.54) is 36.4 Å². The molecule has 59 heavy (non-hydrogen) atoms. The van der Waals surface area contributed by atoms with Crippen LogP contribution in [0.1, 0.15) is 85.7 Å². The third kappa shape index (κ3) is 10.2. The third-order valence-corrected chi connectivity index (χ3v) is 11.8. The Hall–Kier alpha value is -5.15. The fourth-order valence-electron chi connectivity index (χ4n) is 8.08. The molecule has 5 N–H and O–H groups in total. The number of rotatable bonds is 16. The van der Waals surface area contributed by atoms with Gasteiger partial charge in [-0.15, -0.1) is 0 Å². The molecular formula is C44H47F5N4O6. The van der Waals surface area contributed by atoms with Gasteiger partial charge in [0.2, 0.25) is 5.91 Å². The number of nitrogens with two attached hydrogens (primary N) is 1. The van der Waals surface area contributed by atoms with E-state index in [9.17, 15) is 41.8 Å². The highest BCUT2D eigenvalue weighted by Crippen LogP contribution is 2.38. The number of alkyl halides is 4. The first-order valence-corrected chi connectivity index (χ1v) is 19.9. The standard InChI is InChI=1S/C44H47F5N4O6/c45-36-21-31(13-18-35(36)38(56)20-26-5-16-34(54)17-6-26)28-7-1-25(2-8-28)19-32(22-37(55)29-9-3-27(23-50)4-10-29)41(57)52-33-14-11-30(12-15-33)40-51-24-39(53-40)43(46,47)44(48,49)42(58)59/h1-2,7-8,11-15,18,21,26-27,29,32,34,54H,3-6,9-10,16-17,19-20,22-24,50H2,(H,52,57)(H,58,59)/t26?,27?,29?,32-,34?/m1/s1. The Morgan fingerprint density at radius 1 is 0.814 bits per heavy atom. The highest BCUT2D eigenvalue weighted by atomic mass is 19.3. The molecule has 3 aromatic rings. The molecule has 2 aliphatic carbocycles. The summed E-state index contributed by atoms with van der Waals surface area (Å²) < 4.78 is 71.3. The summed E-state index contributed by atoms with van der Waals surface area (Å²) in [6.45, 7) is -0.372. The number of carbonyl (C=O) groups is 4. The molecule has 3 aromatic carbocycles. The number of hydrogen-bond donors (Lipinski definition) is 4. The third-order valence-electron chi connectivity index (χ3n) is 11.8. The fraction of sp³-hybridized carbons (Fsp3) is 0.455. The Bertz CT molecular complexity index is 2090. The highest BCUT2D eigenvalue weighted by molar-refractivity contribution is 6.15. The number of ketones is 2. The predicted octanol–water partition coefficient (Wildman–Crippen LogP) is 7.69. The van der Waals surface area contributed by atoms with Crippen molar-refractivity contribution in [2.45, 2.75) is 88.6 Å². The number of aliphatic imine (C=N–C) groups is 2. The summed E-state index contributed by atoms with van der Waals surface area (Å²) in [6, 6.07) is 17.3. The van der Waals surface area contributed by atoms with Crippen LogP contribution in [0.2, 0.25) is 0 Å². The number of aliphatic hydroxyl groups excluding tert-OH is 1. The van der Waals surface area contributed by atoms with Crippen molar-refractivity contribution < 1.29 is 51.3 Å². The molecule has 6 rings (SSSR count). The van der Waals surface area contributed by atoms with E-state index in [0.717, 1.165) is 31.2 Å². The van der Waals surface area contributed by atoms with Crippen LogP contribution >= 0.6 is 0 Å². The topological polar surface area (TPSA) is 172 Å². The minimum Gasteiger partial charge on any atom is -0.477 e. The smallest absolute Gasteiger partial charge is 0.409 e. The van der Waals surface area contributed by atoms with Gasteiger partial charge in [-0.25, -0.2) is 14.2 Å². The summed E-state index contributed by atoms with van der Waals surface area (Å²) in [5.41, 5.74) is 6.92. The van der Waals surface area contributed by atoms with Gasteiger partial charge in [0.05, 0.1) is 18.2 Å². The maximum atomic E-state index is 15.2. The van der Waals surface area contributed by atoms with E-state index >= 15 is 4.39 Å². The Morgan fingerprint density at radius 3 is 2.03 bits per heavy atom. The minimum atomic E-state index is -5.38. The van der Waals surface area contributed by atoms with Gasteiger partial charge >= 0.3 is 17.8 Å². The average Bonchev–Trinajstić information content (AvgIpc) is 3.73. The van der Waals surface area contributed by atoms with Crippen molar-refractivity contribution in [3.8, 4) is 11.1 Å². The maximum absolute atomic E-state index is 15.2. The van der Waals surface area contributed by atoms with Crippen LogP contribution < -0.4 is 11.1 Å². The van der Waals surface area contributed by atoms with Gasteiger partial charge in [0.15, 0.2) is 11.6 Å². The molecule has 0 spiro atoms. The number of amidine groups is 1. The van der Waals surface area contributed by atoms with Gasteiger partial charge < -0.3 is 21.3 Å². The van der Waals surface area contributed by atoms with E-state index in [-0.39, 0.29) is 65.7 Å². The number of benzene rings is 3. The summed E-state index contributed by atoms with van der Waals surface area (Å²) in [6.07, 6.45) is 5.82. The number of carbonyl (C=O) groups excluding carboxylic acids is 3. The molecule has 15 heteroatoms. The van der Waals surface area contributed by atoms with Crippen LogP contribution in [0.3, 0.4) is 0 Å². The minimum absolute atomic E-state index is 0.0288. The summed E-state index contributed by atoms with van der Waals surface area (Å²) in [5, 5.41) is 21.2. The van der Waals surface area contributed by atoms with Crippen molar-refractivity contribution in [2.75, 3.05) is 18.4 Å². The molecule has 1 atom stereocenters. The first-order valence-electron chi connectivity index (χ1n) is 19.9. The molecular weight excluding hydrogens is 775 g/mol. The number of aliphatic carboxylic acids is 1. The van der Waals surface area contributed by atoms with Crippen molar-refractivity contribution in [1.82, 2.24) is 0 Å². The number of carboxylic acid groups (broad SMARTS) is 1. The van der Waals surface area contributed by atoms with E-state index in [1.54, 1.807) is 30.3 Å². The van der Waals surface area contributed by atoms with Gasteiger partial charge in [0, 0.05) is 35.9 Å². The van der Waals surface area contributed by atoms with Gasteiger partial charge in [-0.2, -0.15) is 17.6 Å². The van der Waals surface area contributed by atoms with Crippen molar-refractivity contribution in [3.05, 3.63) is 89.2 Å². The predicted molar refractivity (Wildman–Crippen MR) is 212 cm³/mol. The molecule has 2 saturated carbocycles. The monoisotopic (exact) mass is 822 g/mol. The molecule has 1 heterocycles. The van der Waals surface area contributed by atoms with E-state index in [4.69, 9.17) is 10.8 Å². The Labute approximate surface area is 338 Å². The summed E-state index contributed by atoms with van der Waals surface area (Å²) in [7, 11) is 0. The Balaban J connectivity index is 1.13. The number of amides is 1. The molecule has 3 aliphatic rings. The van der Waals surface area contributed by atoms with E-state index in [0.29, 0.717) is 55.0 Å². The lowest BCUT2D eigenvalue weighted by Gasteiger charge is -2.27. The SMILES string of the molecule is NCC1CCC(C(=O)C[C@@H](Cc2ccc(-c3ccc(C(=O)CC4CCC(O)CC4)c(F)c3)cc2)C(=O)Nc2ccc(C3=NCC(C(F)(F)C(F)(F)C(=O)O)=N3)cc2)CC1. The normalized spacial score (nSPS) is 21.6. The number of Topliss-reactive ketones (excluding diaryl/α,β-unsaturated/α-hetero) is 2. The van der Waals surface area contributed by atoms with Gasteiger partial charge in [-0.3, -0.25) is 19.4 Å². The lowest BCUT2D eigenvalue weighted by atomic mass is 9.77. The maximum Gasteiger partial charge on any atom is 0.409 e. The van der Waals surface area contributed by atoms with Gasteiger partial charge in [-0.05, 0) is 129 Å². The number of aliphatic hydroxyl groups is 1. The zero-order valence-electron chi connectivity index (χ0n) is 32.3. The molecule has 0 saturated heterocycles. The van der Waals surface area contributed by atoms with Crippen LogP contribution in [-0.4, -0.2) is 76.2 Å². The quantitative estimate of drug-likeness (QED) is 0.0847. The average molecular weight is 823 g/mol. The molecule has 2 fully saturated rings. The number of hydrogen-bond acceptors (Lipinski definition) is 8. The second-order valence-electron chi connectivity index (χ2n) is 15.9. The van der Waals surface area contributed by atoms with Crippen LogP contribution in [0.4, 0.5) is 27.6 Å². The summed E-state index contributed by atoms with van der Waals surface area (Å²) in [4.78, 5) is 58.3. The molecule has 10 nitrogen and oxygen atoms in total. The number of carboxylic acids is 1. The van der Waals surface area contributed by atoms with Crippen LogP contribution in [0.15, 0.2) is 76.7 Å². The number of halogens is 5. The lowest BCUT2D eigenvalue weighted by Crippen LogP contribution is -2.52.